The highest BCUT2D eigenvalue weighted by atomic mass is 35.5. The molecule has 0 saturated carbocycles. The maximum absolute atomic E-state index is 14.4. The van der Waals surface area contributed by atoms with Crippen molar-refractivity contribution in [3.8, 4) is 5.75 Å². The number of benzene rings is 2. The Kier molecular flexibility index (Phi) is 6.79. The van der Waals surface area contributed by atoms with Crippen LogP contribution in [0.25, 0.3) is 0 Å². The van der Waals surface area contributed by atoms with E-state index in [-0.39, 0.29) is 28.4 Å². The maximum Gasteiger partial charge on any atom is 0.573 e. The summed E-state index contributed by atoms with van der Waals surface area (Å²) in [4.78, 5) is 0. The first kappa shape index (κ1) is 21.5. The number of ether oxygens (including phenoxy) is 1. The fourth-order valence-electron chi connectivity index (χ4n) is 3.20. The van der Waals surface area contributed by atoms with Crippen molar-refractivity contribution in [3.63, 3.8) is 0 Å². The molecule has 2 unspecified atom stereocenters. The molecule has 148 valence electrons. The van der Waals surface area contributed by atoms with E-state index in [0.29, 0.717) is 17.5 Å². The lowest BCUT2D eigenvalue weighted by Crippen LogP contribution is -2.18. The molecule has 1 nitrogen and oxygen atoms in total. The van der Waals surface area contributed by atoms with Gasteiger partial charge in [-0.2, -0.15) is 0 Å². The van der Waals surface area contributed by atoms with Crippen LogP contribution in [-0.4, -0.2) is 6.36 Å². The summed E-state index contributed by atoms with van der Waals surface area (Å²) in [6.07, 6.45) is -3.55. The van der Waals surface area contributed by atoms with Crippen molar-refractivity contribution in [2.45, 2.75) is 58.7 Å². The Morgan fingerprint density at radius 2 is 1.70 bits per heavy atom. The highest BCUT2D eigenvalue weighted by Gasteiger charge is 2.32. The molecule has 0 N–H and O–H groups in total. The topological polar surface area (TPSA) is 9.23 Å². The van der Waals surface area contributed by atoms with E-state index in [4.69, 9.17) is 11.6 Å². The third kappa shape index (κ3) is 5.61. The molecule has 2 rings (SSSR count). The second kappa shape index (κ2) is 8.51. The minimum atomic E-state index is -4.81. The molecule has 0 amide bonds. The Bertz CT molecular complexity index is 801. The van der Waals surface area contributed by atoms with E-state index in [1.165, 1.54) is 18.2 Å². The van der Waals surface area contributed by atoms with Crippen LogP contribution in [0.1, 0.15) is 61.3 Å². The van der Waals surface area contributed by atoms with Crippen molar-refractivity contribution in [1.29, 1.82) is 0 Å². The zero-order valence-corrected chi connectivity index (χ0v) is 16.5. The molecule has 0 aromatic heterocycles. The van der Waals surface area contributed by atoms with Gasteiger partial charge in [-0.15, -0.1) is 13.2 Å². The minimum Gasteiger partial charge on any atom is -0.405 e. The maximum atomic E-state index is 14.4. The van der Waals surface area contributed by atoms with E-state index >= 15 is 0 Å². The van der Waals surface area contributed by atoms with Crippen LogP contribution in [0.5, 0.6) is 5.75 Å². The Labute approximate surface area is 162 Å². The van der Waals surface area contributed by atoms with Gasteiger partial charge in [0.25, 0.3) is 0 Å². The van der Waals surface area contributed by atoms with Crippen LogP contribution in [0.15, 0.2) is 30.3 Å². The molecule has 0 radical (unpaired) electrons. The molecule has 2 atom stereocenters. The van der Waals surface area contributed by atoms with Gasteiger partial charge in [0.1, 0.15) is 11.6 Å². The lowest BCUT2D eigenvalue weighted by molar-refractivity contribution is -0.274. The molecule has 0 spiro atoms. The Morgan fingerprint density at radius 3 is 2.30 bits per heavy atom. The predicted molar refractivity (Wildman–Crippen MR) is 100 cm³/mol. The predicted octanol–water partition coefficient (Wildman–Crippen LogP) is 7.55. The van der Waals surface area contributed by atoms with Gasteiger partial charge in [-0.3, -0.25) is 0 Å². The lowest BCUT2D eigenvalue weighted by atomic mass is 9.88. The number of halogens is 5. The van der Waals surface area contributed by atoms with Crippen molar-refractivity contribution in [2.75, 3.05) is 0 Å². The highest BCUT2D eigenvalue weighted by Crippen LogP contribution is 2.36. The van der Waals surface area contributed by atoms with E-state index < -0.39 is 6.36 Å². The summed E-state index contributed by atoms with van der Waals surface area (Å²) >= 11 is 5.82. The first-order valence-electron chi connectivity index (χ1n) is 8.86. The van der Waals surface area contributed by atoms with E-state index in [2.05, 4.69) is 4.74 Å². The fourth-order valence-corrected chi connectivity index (χ4v) is 3.36. The van der Waals surface area contributed by atoms with Crippen molar-refractivity contribution >= 4 is 11.6 Å². The number of alkyl halides is 3. The van der Waals surface area contributed by atoms with Gasteiger partial charge >= 0.3 is 6.36 Å². The van der Waals surface area contributed by atoms with Crippen molar-refractivity contribution < 1.29 is 22.3 Å². The number of hydrogen-bond donors (Lipinski definition) is 0. The smallest absolute Gasteiger partial charge is 0.405 e. The molecule has 0 heterocycles. The summed E-state index contributed by atoms with van der Waals surface area (Å²) < 4.78 is 56.6. The molecule has 0 fully saturated rings. The number of hydrogen-bond acceptors (Lipinski definition) is 1. The molecular formula is C21H23ClF4O. The van der Waals surface area contributed by atoms with Crippen molar-refractivity contribution in [2.24, 2.45) is 0 Å². The van der Waals surface area contributed by atoms with Gasteiger partial charge in [-0.1, -0.05) is 44.5 Å². The van der Waals surface area contributed by atoms with Crippen LogP contribution in [0, 0.1) is 12.7 Å². The summed E-state index contributed by atoms with van der Waals surface area (Å²) in [6, 6.07) is 7.60. The van der Waals surface area contributed by atoms with Gasteiger partial charge in [0, 0.05) is 5.02 Å². The zero-order valence-electron chi connectivity index (χ0n) is 15.8. The summed E-state index contributed by atoms with van der Waals surface area (Å²) in [7, 11) is 0. The van der Waals surface area contributed by atoms with Crippen LogP contribution in [0.3, 0.4) is 0 Å². The van der Waals surface area contributed by atoms with Crippen LogP contribution in [0.4, 0.5) is 17.6 Å². The molecule has 0 bridgehead atoms. The summed E-state index contributed by atoms with van der Waals surface area (Å²) in [5, 5.41) is 0.158. The third-order valence-corrected chi connectivity index (χ3v) is 5.10. The molecule has 0 aliphatic rings. The Hall–Kier alpha value is -1.75. The standard InChI is InChI=1S/C21H23ClF4O/c1-5-12(2)18-9-15(10-19(23)14(18)4)8-13(3)17-7-6-16(22)11-20(17)27-21(24,25)26/h6-7,9-13H,5,8H2,1-4H3. The van der Waals surface area contributed by atoms with Gasteiger partial charge in [-0.05, 0) is 72.1 Å². The van der Waals surface area contributed by atoms with Crippen LogP contribution < -0.4 is 4.74 Å². The van der Waals surface area contributed by atoms with Crippen molar-refractivity contribution in [3.05, 3.63) is 63.4 Å². The average Bonchev–Trinajstić information content (AvgIpc) is 2.55. The van der Waals surface area contributed by atoms with E-state index in [1.54, 1.807) is 13.8 Å². The number of rotatable bonds is 6. The monoisotopic (exact) mass is 402 g/mol. The van der Waals surface area contributed by atoms with Gasteiger partial charge in [-0.25, -0.2) is 4.39 Å². The molecule has 6 heteroatoms. The lowest BCUT2D eigenvalue weighted by Gasteiger charge is -2.20. The molecule has 2 aromatic rings. The average molecular weight is 403 g/mol. The summed E-state index contributed by atoms with van der Waals surface area (Å²) in [6.45, 7) is 7.60. The second-order valence-electron chi connectivity index (χ2n) is 6.94. The van der Waals surface area contributed by atoms with E-state index in [9.17, 15) is 17.6 Å². The second-order valence-corrected chi connectivity index (χ2v) is 7.37. The summed E-state index contributed by atoms with van der Waals surface area (Å²) in [5.74, 6) is -0.726. The van der Waals surface area contributed by atoms with Crippen LogP contribution in [0.2, 0.25) is 5.02 Å². The first-order chi connectivity index (χ1) is 12.5. The third-order valence-electron chi connectivity index (χ3n) is 4.86. The molecule has 27 heavy (non-hydrogen) atoms. The van der Waals surface area contributed by atoms with Crippen LogP contribution in [-0.2, 0) is 6.42 Å². The van der Waals surface area contributed by atoms with E-state index in [0.717, 1.165) is 23.6 Å². The molecule has 0 saturated heterocycles. The zero-order chi connectivity index (χ0) is 20.4. The van der Waals surface area contributed by atoms with Gasteiger partial charge in [0.2, 0.25) is 0 Å². The molecular weight excluding hydrogens is 380 g/mol. The van der Waals surface area contributed by atoms with Gasteiger partial charge in [0.15, 0.2) is 0 Å². The minimum absolute atomic E-state index is 0.158. The Morgan fingerprint density at radius 1 is 1.04 bits per heavy atom. The van der Waals surface area contributed by atoms with Gasteiger partial charge in [0.05, 0.1) is 0 Å². The quantitative estimate of drug-likeness (QED) is 0.453. The Balaban J connectivity index is 2.35. The first-order valence-corrected chi connectivity index (χ1v) is 9.23. The largest absolute Gasteiger partial charge is 0.573 e. The van der Waals surface area contributed by atoms with Crippen LogP contribution >= 0.6 is 11.6 Å². The molecule has 2 aromatic carbocycles. The SMILES string of the molecule is CCC(C)c1cc(CC(C)c2ccc(Cl)cc2OC(F)(F)F)cc(F)c1C. The molecule has 0 aliphatic heterocycles. The fraction of sp³-hybridized carbons (Fsp3) is 0.429. The van der Waals surface area contributed by atoms with Crippen molar-refractivity contribution in [1.82, 2.24) is 0 Å². The molecule has 0 aliphatic carbocycles. The highest BCUT2D eigenvalue weighted by molar-refractivity contribution is 6.30. The van der Waals surface area contributed by atoms with E-state index in [1.807, 2.05) is 19.9 Å². The summed E-state index contributed by atoms with van der Waals surface area (Å²) in [5.41, 5.74) is 2.67. The van der Waals surface area contributed by atoms with Gasteiger partial charge < -0.3 is 4.74 Å². The normalized spacial score (nSPS) is 14.1.